The van der Waals surface area contributed by atoms with Gasteiger partial charge in [0.25, 0.3) is 0 Å². The molecular weight excluding hydrogens is 434 g/mol. The van der Waals surface area contributed by atoms with Crippen molar-refractivity contribution >= 4 is 44.6 Å². The summed E-state index contributed by atoms with van der Waals surface area (Å²) in [5.74, 6) is 1.66. The monoisotopic (exact) mass is 459 g/mol. The summed E-state index contributed by atoms with van der Waals surface area (Å²) in [6.07, 6.45) is 3.65. The van der Waals surface area contributed by atoms with Crippen LogP contribution in [0.4, 0.5) is 11.8 Å². The van der Waals surface area contributed by atoms with Gasteiger partial charge in [-0.15, -0.1) is 0 Å². The lowest BCUT2D eigenvalue weighted by Crippen LogP contribution is -2.49. The molecule has 0 unspecified atom stereocenters. The fourth-order valence-electron chi connectivity index (χ4n) is 4.22. The topological polar surface area (TPSA) is 95.4 Å². The summed E-state index contributed by atoms with van der Waals surface area (Å²) in [5.41, 5.74) is 1.99. The molecule has 4 heterocycles. The number of nitrogens with zero attached hydrogens (tertiary/aromatic N) is 7. The van der Waals surface area contributed by atoms with E-state index in [9.17, 15) is 8.42 Å². The Kier molecular flexibility index (Phi) is 5.49. The van der Waals surface area contributed by atoms with Gasteiger partial charge in [-0.1, -0.05) is 6.07 Å². The zero-order chi connectivity index (χ0) is 21.4. The molecule has 0 amide bonds. The van der Waals surface area contributed by atoms with Crippen molar-refractivity contribution in [3.05, 3.63) is 30.0 Å². The Morgan fingerprint density at radius 2 is 1.68 bits per heavy atom. The maximum atomic E-state index is 13.3. The average Bonchev–Trinajstić information content (AvgIpc) is 3.28. The van der Waals surface area contributed by atoms with Gasteiger partial charge < -0.3 is 9.80 Å². The number of piperazine rings is 1. The minimum Gasteiger partial charge on any atom is -0.356 e. The quantitative estimate of drug-likeness (QED) is 0.586. The standard InChI is InChI=1S/C20H25N7O2S2/c1-15-14-18(25-8-3-2-4-9-25)22-20(21-15)26-10-12-27(13-11-26)31(28,29)17-7-5-6-16-19(17)24-30-23-16/h5-7,14H,2-4,8-13H2,1H3. The lowest BCUT2D eigenvalue weighted by Gasteiger charge is -2.35. The van der Waals surface area contributed by atoms with Gasteiger partial charge in [0, 0.05) is 51.0 Å². The summed E-state index contributed by atoms with van der Waals surface area (Å²) in [4.78, 5) is 14.1. The number of rotatable bonds is 4. The summed E-state index contributed by atoms with van der Waals surface area (Å²) >= 11 is 1.03. The Morgan fingerprint density at radius 1 is 0.903 bits per heavy atom. The van der Waals surface area contributed by atoms with Crippen LogP contribution in [0, 0.1) is 6.92 Å². The summed E-state index contributed by atoms with van der Waals surface area (Å²) in [6.45, 7) is 5.90. The molecule has 0 radical (unpaired) electrons. The van der Waals surface area contributed by atoms with Crippen molar-refractivity contribution in [3.63, 3.8) is 0 Å². The second kappa shape index (κ2) is 8.29. The Labute approximate surface area is 186 Å². The van der Waals surface area contributed by atoms with Crippen molar-refractivity contribution < 1.29 is 8.42 Å². The van der Waals surface area contributed by atoms with Gasteiger partial charge in [0.15, 0.2) is 0 Å². The molecule has 0 atom stereocenters. The summed E-state index contributed by atoms with van der Waals surface area (Å²) in [7, 11) is -3.64. The van der Waals surface area contributed by atoms with E-state index in [4.69, 9.17) is 4.98 Å². The SMILES string of the molecule is Cc1cc(N2CCCCC2)nc(N2CCN(S(=O)(=O)c3cccc4nsnc34)CC2)n1. The molecule has 0 N–H and O–H groups in total. The van der Waals surface area contributed by atoms with E-state index >= 15 is 0 Å². The van der Waals surface area contributed by atoms with E-state index in [1.807, 2.05) is 13.0 Å². The summed E-state index contributed by atoms with van der Waals surface area (Å²) in [6, 6.07) is 7.15. The van der Waals surface area contributed by atoms with Gasteiger partial charge in [-0.2, -0.15) is 18.0 Å². The predicted molar refractivity (Wildman–Crippen MR) is 121 cm³/mol. The van der Waals surface area contributed by atoms with Crippen molar-refractivity contribution in [2.24, 2.45) is 0 Å². The van der Waals surface area contributed by atoms with Gasteiger partial charge in [0.1, 0.15) is 21.7 Å². The van der Waals surface area contributed by atoms with Crippen LogP contribution in [0.2, 0.25) is 0 Å². The molecule has 0 bridgehead atoms. The number of benzene rings is 1. The fourth-order valence-corrected chi connectivity index (χ4v) is 6.39. The van der Waals surface area contributed by atoms with Crippen LogP contribution in [0.15, 0.2) is 29.2 Å². The number of fused-ring (bicyclic) bond motifs is 1. The van der Waals surface area contributed by atoms with Crippen LogP contribution < -0.4 is 9.80 Å². The minimum atomic E-state index is -3.64. The van der Waals surface area contributed by atoms with E-state index in [0.717, 1.165) is 36.3 Å². The average molecular weight is 460 g/mol. The van der Waals surface area contributed by atoms with Gasteiger partial charge >= 0.3 is 0 Å². The van der Waals surface area contributed by atoms with E-state index in [1.165, 1.54) is 23.6 Å². The first-order valence-corrected chi connectivity index (χ1v) is 12.8. The van der Waals surface area contributed by atoms with E-state index in [1.54, 1.807) is 18.2 Å². The molecule has 0 spiro atoms. The molecule has 31 heavy (non-hydrogen) atoms. The molecule has 1 aromatic carbocycles. The molecule has 9 nitrogen and oxygen atoms in total. The molecule has 3 aromatic rings. The third kappa shape index (κ3) is 3.97. The highest BCUT2D eigenvalue weighted by molar-refractivity contribution is 7.89. The zero-order valence-electron chi connectivity index (χ0n) is 17.4. The van der Waals surface area contributed by atoms with E-state index in [-0.39, 0.29) is 4.90 Å². The van der Waals surface area contributed by atoms with Gasteiger partial charge in [0.05, 0.1) is 11.7 Å². The lowest BCUT2D eigenvalue weighted by atomic mass is 10.1. The van der Waals surface area contributed by atoms with Crippen molar-refractivity contribution in [1.82, 2.24) is 23.0 Å². The maximum absolute atomic E-state index is 13.3. The van der Waals surface area contributed by atoms with Crippen LogP contribution in [-0.4, -0.2) is 70.7 Å². The first-order valence-electron chi connectivity index (χ1n) is 10.6. The Bertz CT molecular complexity index is 1180. The summed E-state index contributed by atoms with van der Waals surface area (Å²) in [5, 5.41) is 0. The van der Waals surface area contributed by atoms with Crippen LogP contribution in [0.25, 0.3) is 11.0 Å². The number of anilines is 2. The number of hydrogen-bond acceptors (Lipinski definition) is 9. The highest BCUT2D eigenvalue weighted by Gasteiger charge is 2.31. The molecule has 2 aliphatic heterocycles. The van der Waals surface area contributed by atoms with Crippen LogP contribution in [0.1, 0.15) is 25.0 Å². The first kappa shape index (κ1) is 20.5. The molecule has 164 valence electrons. The second-order valence-electron chi connectivity index (χ2n) is 7.99. The predicted octanol–water partition coefficient (Wildman–Crippen LogP) is 2.29. The Morgan fingerprint density at radius 3 is 2.45 bits per heavy atom. The molecule has 2 fully saturated rings. The van der Waals surface area contributed by atoms with E-state index in [2.05, 4.69) is 23.5 Å². The second-order valence-corrected chi connectivity index (χ2v) is 10.4. The van der Waals surface area contributed by atoms with Crippen molar-refractivity contribution in [2.75, 3.05) is 49.1 Å². The highest BCUT2D eigenvalue weighted by Crippen LogP contribution is 2.26. The third-order valence-electron chi connectivity index (χ3n) is 5.90. The van der Waals surface area contributed by atoms with Crippen LogP contribution in [0.5, 0.6) is 0 Å². The van der Waals surface area contributed by atoms with E-state index in [0.29, 0.717) is 43.2 Å². The largest absolute Gasteiger partial charge is 0.356 e. The minimum absolute atomic E-state index is 0.228. The maximum Gasteiger partial charge on any atom is 0.245 e. The molecule has 2 aromatic heterocycles. The molecule has 2 saturated heterocycles. The highest BCUT2D eigenvalue weighted by atomic mass is 32.2. The molecule has 0 aliphatic carbocycles. The number of sulfonamides is 1. The fraction of sp³-hybridized carbons (Fsp3) is 0.500. The number of hydrogen-bond donors (Lipinski definition) is 0. The van der Waals surface area contributed by atoms with Crippen LogP contribution in [-0.2, 0) is 10.0 Å². The normalized spacial score (nSPS) is 18.6. The number of aromatic nitrogens is 4. The van der Waals surface area contributed by atoms with Crippen LogP contribution >= 0.6 is 11.7 Å². The Balaban J connectivity index is 1.33. The van der Waals surface area contributed by atoms with Gasteiger partial charge in [-0.05, 0) is 38.3 Å². The van der Waals surface area contributed by atoms with Crippen LogP contribution in [0.3, 0.4) is 0 Å². The molecule has 0 saturated carbocycles. The van der Waals surface area contributed by atoms with Crippen molar-refractivity contribution in [1.29, 1.82) is 0 Å². The van der Waals surface area contributed by atoms with Crippen molar-refractivity contribution in [2.45, 2.75) is 31.1 Å². The molecule has 2 aliphatic rings. The van der Waals surface area contributed by atoms with Crippen molar-refractivity contribution in [3.8, 4) is 0 Å². The lowest BCUT2D eigenvalue weighted by molar-refractivity contribution is 0.383. The molecular formula is C20H25N7O2S2. The molecule has 11 heteroatoms. The van der Waals surface area contributed by atoms with Gasteiger partial charge in [0.2, 0.25) is 16.0 Å². The number of aryl methyl sites for hydroxylation is 1. The van der Waals surface area contributed by atoms with Gasteiger partial charge in [-0.3, -0.25) is 0 Å². The van der Waals surface area contributed by atoms with E-state index < -0.39 is 10.0 Å². The third-order valence-corrected chi connectivity index (χ3v) is 8.37. The first-order chi connectivity index (χ1) is 15.0. The summed E-state index contributed by atoms with van der Waals surface area (Å²) < 4.78 is 36.4. The Hall–Kier alpha value is -2.37. The smallest absolute Gasteiger partial charge is 0.245 e. The number of piperidine rings is 1. The molecule has 5 rings (SSSR count). The zero-order valence-corrected chi connectivity index (χ0v) is 19.1. The van der Waals surface area contributed by atoms with Gasteiger partial charge in [-0.25, -0.2) is 13.4 Å².